The highest BCUT2D eigenvalue weighted by molar-refractivity contribution is 7.87. The second kappa shape index (κ2) is 8.00. The van der Waals surface area contributed by atoms with E-state index >= 15 is 0 Å². The van der Waals surface area contributed by atoms with Crippen molar-refractivity contribution in [3.8, 4) is 0 Å². The Hall–Kier alpha value is -1.28. The van der Waals surface area contributed by atoms with E-state index in [-0.39, 0.29) is 0 Å². The van der Waals surface area contributed by atoms with Crippen LogP contribution in [0.5, 0.6) is 0 Å². The number of rotatable bonds is 6. The first-order valence-electron chi connectivity index (χ1n) is 4.28. The van der Waals surface area contributed by atoms with Gasteiger partial charge >= 0.3 is 11.9 Å². The molecule has 114 valence electrons. The van der Waals surface area contributed by atoms with Crippen LogP contribution in [0.15, 0.2) is 0 Å². The van der Waals surface area contributed by atoms with Crippen molar-refractivity contribution in [3.05, 3.63) is 0 Å². The Labute approximate surface area is 108 Å². The quantitative estimate of drug-likeness (QED) is 0.327. The first-order chi connectivity index (χ1) is 8.31. The summed E-state index contributed by atoms with van der Waals surface area (Å²) in [6.45, 7) is -0.529. The Kier molecular flexibility index (Phi) is 8.45. The van der Waals surface area contributed by atoms with Crippen LogP contribution in [-0.4, -0.2) is 70.8 Å². The van der Waals surface area contributed by atoms with Gasteiger partial charge in [-0.15, -0.1) is 0 Å². The smallest absolute Gasteiger partial charge is 0.325 e. The van der Waals surface area contributed by atoms with Gasteiger partial charge in [-0.2, -0.15) is 16.8 Å². The Bertz CT molecular complexity index is 501. The normalized spacial score (nSPS) is 13.0. The minimum atomic E-state index is -4.84. The predicted octanol–water partition coefficient (Wildman–Crippen LogP) is -2.33. The molecule has 1 atom stereocenters. The van der Waals surface area contributed by atoms with Gasteiger partial charge < -0.3 is 15.3 Å². The zero-order valence-electron chi connectivity index (χ0n) is 9.20. The van der Waals surface area contributed by atoms with Crippen LogP contribution in [0.1, 0.15) is 6.42 Å². The lowest BCUT2D eigenvalue weighted by atomic mass is 10.3. The Morgan fingerprint density at radius 1 is 1.00 bits per heavy atom. The maximum absolute atomic E-state index is 10.2. The summed E-state index contributed by atoms with van der Waals surface area (Å²) in [4.78, 5) is 20.0. The number of aliphatic carboxylic acids is 2. The zero-order chi connectivity index (χ0) is 15.9. The van der Waals surface area contributed by atoms with E-state index in [9.17, 15) is 26.4 Å². The molecular formula is C6H12O11S2. The minimum absolute atomic E-state index is 0.529. The lowest BCUT2D eigenvalue weighted by molar-refractivity contribution is -0.143. The summed E-state index contributed by atoms with van der Waals surface area (Å²) in [5, 5.41) is 21.8. The van der Waals surface area contributed by atoms with E-state index in [4.69, 9.17) is 24.4 Å². The molecule has 0 aliphatic carbocycles. The van der Waals surface area contributed by atoms with Gasteiger partial charge in [-0.25, -0.2) is 0 Å². The van der Waals surface area contributed by atoms with Crippen LogP contribution in [0, 0.1) is 0 Å². The van der Waals surface area contributed by atoms with Crippen molar-refractivity contribution in [2.75, 3.05) is 12.4 Å². The Morgan fingerprint density at radius 2 is 1.42 bits per heavy atom. The van der Waals surface area contributed by atoms with Crippen LogP contribution in [0.4, 0.5) is 0 Å². The third kappa shape index (κ3) is 13.0. The van der Waals surface area contributed by atoms with E-state index in [2.05, 4.69) is 0 Å². The van der Waals surface area contributed by atoms with Crippen molar-refractivity contribution in [2.24, 2.45) is 0 Å². The SMILES string of the molecule is O=C(O)CC(C(=O)O)S(=O)(=O)O.O=S(=O)(O)CCO. The van der Waals surface area contributed by atoms with E-state index in [1.54, 1.807) is 0 Å². The van der Waals surface area contributed by atoms with Gasteiger partial charge in [0, 0.05) is 0 Å². The largest absolute Gasteiger partial charge is 0.481 e. The highest BCUT2D eigenvalue weighted by Crippen LogP contribution is 2.04. The summed E-state index contributed by atoms with van der Waals surface area (Å²) in [7, 11) is -8.76. The lowest BCUT2D eigenvalue weighted by Crippen LogP contribution is -2.31. The first-order valence-corrected chi connectivity index (χ1v) is 7.39. The van der Waals surface area contributed by atoms with Crippen LogP contribution in [0.2, 0.25) is 0 Å². The molecule has 13 heteroatoms. The number of carboxylic acid groups (broad SMARTS) is 2. The number of hydrogen-bond donors (Lipinski definition) is 5. The van der Waals surface area contributed by atoms with E-state index in [0.717, 1.165) is 0 Å². The van der Waals surface area contributed by atoms with E-state index < -0.39 is 56.2 Å². The van der Waals surface area contributed by atoms with Crippen molar-refractivity contribution < 1.29 is 50.8 Å². The summed E-state index contributed by atoms with van der Waals surface area (Å²) in [6, 6.07) is 0. The molecule has 0 radical (unpaired) electrons. The fourth-order valence-corrected chi connectivity index (χ4v) is 1.43. The van der Waals surface area contributed by atoms with Gasteiger partial charge in [-0.05, 0) is 0 Å². The van der Waals surface area contributed by atoms with Gasteiger partial charge in [-0.1, -0.05) is 0 Å². The van der Waals surface area contributed by atoms with E-state index in [1.807, 2.05) is 0 Å². The molecule has 5 N–H and O–H groups in total. The zero-order valence-corrected chi connectivity index (χ0v) is 10.8. The molecule has 1 unspecified atom stereocenters. The average molecular weight is 324 g/mol. The number of aliphatic hydroxyl groups excluding tert-OH is 1. The molecule has 0 amide bonds. The van der Waals surface area contributed by atoms with Crippen molar-refractivity contribution in [2.45, 2.75) is 11.7 Å². The number of carboxylic acids is 2. The molecule has 0 saturated carbocycles. The third-order valence-corrected chi connectivity index (χ3v) is 3.13. The topological polar surface area (TPSA) is 204 Å². The molecule has 0 bridgehead atoms. The van der Waals surface area contributed by atoms with Crippen LogP contribution in [0.25, 0.3) is 0 Å². The van der Waals surface area contributed by atoms with Gasteiger partial charge in [0.15, 0.2) is 5.25 Å². The van der Waals surface area contributed by atoms with Crippen LogP contribution >= 0.6 is 0 Å². The molecule has 0 heterocycles. The second-order valence-corrected chi connectivity index (χ2v) is 6.12. The molecule has 0 aliphatic heterocycles. The summed E-state index contributed by atoms with van der Waals surface area (Å²) < 4.78 is 55.7. The highest BCUT2D eigenvalue weighted by Gasteiger charge is 2.33. The molecule has 0 saturated heterocycles. The second-order valence-electron chi connectivity index (χ2n) is 2.95. The van der Waals surface area contributed by atoms with E-state index in [1.165, 1.54) is 0 Å². The number of aliphatic hydroxyl groups is 1. The van der Waals surface area contributed by atoms with Crippen molar-refractivity contribution in [1.82, 2.24) is 0 Å². The van der Waals surface area contributed by atoms with Gasteiger partial charge in [0.2, 0.25) is 0 Å². The third-order valence-electron chi connectivity index (χ3n) is 1.34. The fourth-order valence-electron chi connectivity index (χ4n) is 0.594. The lowest BCUT2D eigenvalue weighted by Gasteiger charge is -2.04. The molecule has 0 aliphatic rings. The summed E-state index contributed by atoms with van der Waals surface area (Å²) in [5.41, 5.74) is 0. The molecule has 19 heavy (non-hydrogen) atoms. The van der Waals surface area contributed by atoms with Gasteiger partial charge in [-0.3, -0.25) is 18.7 Å². The summed E-state index contributed by atoms with van der Waals surface area (Å²) >= 11 is 0. The molecule has 0 fully saturated rings. The van der Waals surface area contributed by atoms with Crippen LogP contribution in [-0.2, 0) is 29.8 Å². The highest BCUT2D eigenvalue weighted by atomic mass is 32.2. The molecule has 0 aromatic rings. The van der Waals surface area contributed by atoms with Gasteiger partial charge in [0.1, 0.15) is 0 Å². The van der Waals surface area contributed by atoms with Crippen molar-refractivity contribution in [3.63, 3.8) is 0 Å². The first kappa shape index (κ1) is 20.0. The average Bonchev–Trinajstić information content (AvgIpc) is 2.10. The van der Waals surface area contributed by atoms with E-state index in [0.29, 0.717) is 0 Å². The van der Waals surface area contributed by atoms with Gasteiger partial charge in [0.25, 0.3) is 20.2 Å². The predicted molar refractivity (Wildman–Crippen MR) is 58.7 cm³/mol. The minimum Gasteiger partial charge on any atom is -0.481 e. The monoisotopic (exact) mass is 324 g/mol. The fraction of sp³-hybridized carbons (Fsp3) is 0.667. The van der Waals surface area contributed by atoms with Gasteiger partial charge in [0.05, 0.1) is 18.8 Å². The maximum Gasteiger partial charge on any atom is 0.325 e. The van der Waals surface area contributed by atoms with Crippen molar-refractivity contribution >= 4 is 32.2 Å². The molecular weight excluding hydrogens is 312 g/mol. The Morgan fingerprint density at radius 3 is 1.47 bits per heavy atom. The molecule has 0 rings (SSSR count). The Balaban J connectivity index is 0. The molecule has 0 spiro atoms. The maximum atomic E-state index is 10.2. The van der Waals surface area contributed by atoms with Crippen LogP contribution in [0.3, 0.4) is 0 Å². The number of carbonyl (C=O) groups is 2. The summed E-state index contributed by atoms with van der Waals surface area (Å²) in [5.74, 6) is -4.08. The number of hydrogen-bond acceptors (Lipinski definition) is 7. The summed E-state index contributed by atoms with van der Waals surface area (Å²) in [6.07, 6.45) is -1.16. The van der Waals surface area contributed by atoms with Crippen LogP contribution < -0.4 is 0 Å². The van der Waals surface area contributed by atoms with Crippen molar-refractivity contribution in [1.29, 1.82) is 0 Å². The molecule has 11 nitrogen and oxygen atoms in total. The molecule has 0 aromatic carbocycles. The molecule has 0 aromatic heterocycles. The standard InChI is InChI=1S/C4H6O7S.C2H6O4S/c5-3(6)1-2(4(7)8)12(9,10)11;3-1-2-7(4,5)6/h2H,1H2,(H,5,6)(H,7,8)(H,9,10,11);3H,1-2H2,(H,4,5,6).